The Labute approximate surface area is 233 Å². The van der Waals surface area contributed by atoms with E-state index in [0.717, 1.165) is 0 Å². The van der Waals surface area contributed by atoms with Crippen molar-refractivity contribution in [3.05, 3.63) is 64.9 Å². The molecule has 4 rings (SSSR count). The van der Waals surface area contributed by atoms with Gasteiger partial charge in [-0.3, -0.25) is 4.79 Å². The van der Waals surface area contributed by atoms with Crippen LogP contribution in [0.5, 0.6) is 17.2 Å². The smallest absolute Gasteiger partial charge is 0.427 e. The van der Waals surface area contributed by atoms with E-state index >= 15 is 0 Å². The summed E-state index contributed by atoms with van der Waals surface area (Å²) in [5.74, 6) is -0.533. The number of carbonyl (C=O) groups excluding carboxylic acids is 1. The van der Waals surface area contributed by atoms with Crippen molar-refractivity contribution in [1.29, 1.82) is 0 Å². The number of allylic oxidation sites excluding steroid dienone is 1. The fourth-order valence-corrected chi connectivity index (χ4v) is 5.38. The van der Waals surface area contributed by atoms with Crippen LogP contribution < -0.4 is 14.2 Å². The highest BCUT2D eigenvalue weighted by Gasteiger charge is 2.76. The maximum absolute atomic E-state index is 14.7. The van der Waals surface area contributed by atoms with Crippen LogP contribution in [0, 0.1) is 5.41 Å². The lowest BCUT2D eigenvalue weighted by atomic mass is 9.69. The quantitative estimate of drug-likeness (QED) is 0.347. The highest BCUT2D eigenvalue weighted by atomic mass is 19.4. The van der Waals surface area contributed by atoms with Gasteiger partial charge in [0, 0.05) is 24.2 Å². The molecular formula is C29H30F6N2O4. The average Bonchev–Trinajstić information content (AvgIpc) is 2.89. The molecule has 0 unspecified atom stereocenters. The lowest BCUT2D eigenvalue weighted by molar-refractivity contribution is -0.283. The second-order valence-corrected chi connectivity index (χ2v) is 10.7. The van der Waals surface area contributed by atoms with Gasteiger partial charge in [0.1, 0.15) is 11.6 Å². The zero-order chi connectivity index (χ0) is 30.4. The zero-order valence-electron chi connectivity index (χ0n) is 23.2. The van der Waals surface area contributed by atoms with Crippen LogP contribution in [0.4, 0.5) is 26.3 Å². The number of amidine groups is 1. The first kappa shape index (κ1) is 30.3. The molecule has 12 heteroatoms. The molecule has 2 aromatic carbocycles. The number of ether oxygens (including phenoxy) is 3. The van der Waals surface area contributed by atoms with E-state index in [4.69, 9.17) is 14.2 Å². The van der Waals surface area contributed by atoms with E-state index in [1.54, 1.807) is 32.0 Å². The van der Waals surface area contributed by atoms with Crippen molar-refractivity contribution in [1.82, 2.24) is 4.90 Å². The molecular weight excluding hydrogens is 554 g/mol. The minimum absolute atomic E-state index is 0.0124. The lowest BCUT2D eigenvalue weighted by Gasteiger charge is -2.48. The number of Topliss-reactive ketones (excluding diaryl/α,β-unsaturated/α-hetero) is 1. The van der Waals surface area contributed by atoms with Gasteiger partial charge in [0.05, 0.1) is 26.9 Å². The van der Waals surface area contributed by atoms with Gasteiger partial charge >= 0.3 is 12.4 Å². The summed E-state index contributed by atoms with van der Waals surface area (Å²) >= 11 is 0. The molecule has 0 saturated heterocycles. The second-order valence-electron chi connectivity index (χ2n) is 10.7. The summed E-state index contributed by atoms with van der Waals surface area (Å²) in [4.78, 5) is 18.0. The molecule has 0 spiro atoms. The first-order chi connectivity index (χ1) is 19.1. The summed E-state index contributed by atoms with van der Waals surface area (Å²) in [6, 6.07) is 10.6. The van der Waals surface area contributed by atoms with Gasteiger partial charge in [-0.2, -0.15) is 26.3 Å². The summed E-state index contributed by atoms with van der Waals surface area (Å²) < 4.78 is 104. The Bertz CT molecular complexity index is 1360. The predicted octanol–water partition coefficient (Wildman–Crippen LogP) is 6.52. The van der Waals surface area contributed by atoms with Crippen LogP contribution in [0.2, 0.25) is 0 Å². The van der Waals surface area contributed by atoms with Crippen LogP contribution in [0.3, 0.4) is 0 Å². The topological polar surface area (TPSA) is 60.4 Å². The van der Waals surface area contributed by atoms with Crippen LogP contribution in [0.15, 0.2) is 58.7 Å². The minimum Gasteiger partial charge on any atom is -0.497 e. The molecule has 41 heavy (non-hydrogen) atoms. The monoisotopic (exact) mass is 584 g/mol. The van der Waals surface area contributed by atoms with Crippen molar-refractivity contribution < 1.29 is 45.3 Å². The minimum atomic E-state index is -5.93. The van der Waals surface area contributed by atoms with Crippen LogP contribution in [-0.4, -0.2) is 62.3 Å². The summed E-state index contributed by atoms with van der Waals surface area (Å²) in [6.07, 6.45) is -12.3. The van der Waals surface area contributed by atoms with Crippen LogP contribution >= 0.6 is 0 Å². The number of rotatable bonds is 7. The average molecular weight is 585 g/mol. The number of hydrogen-bond donors (Lipinski definition) is 0. The Balaban J connectivity index is 1.95. The Morgan fingerprint density at radius 1 is 0.854 bits per heavy atom. The number of carbonyl (C=O) groups is 1. The van der Waals surface area contributed by atoms with Gasteiger partial charge in [0.25, 0.3) is 5.54 Å². The largest absolute Gasteiger partial charge is 0.497 e. The Morgan fingerprint density at radius 3 is 2.00 bits per heavy atom. The SMILES string of the molecule is COc1ccc(C2=NC(C(F)(F)F)(C(F)(F)F)C3=C(CC(C)(C)CC3=O)N2CCc2ccc(OC)c(OC)c2)cc1. The van der Waals surface area contributed by atoms with Gasteiger partial charge in [-0.1, -0.05) is 19.9 Å². The van der Waals surface area contributed by atoms with E-state index in [2.05, 4.69) is 4.99 Å². The third kappa shape index (κ3) is 5.36. The molecule has 1 heterocycles. The number of halogens is 6. The van der Waals surface area contributed by atoms with Gasteiger partial charge in [-0.25, -0.2) is 4.99 Å². The van der Waals surface area contributed by atoms with Crippen LogP contribution in [0.25, 0.3) is 0 Å². The first-order valence-corrected chi connectivity index (χ1v) is 12.7. The summed E-state index contributed by atoms with van der Waals surface area (Å²) in [5.41, 5.74) is -6.59. The number of ketones is 1. The van der Waals surface area contributed by atoms with Gasteiger partial charge < -0.3 is 19.1 Å². The number of nitrogens with zero attached hydrogens (tertiary/aromatic N) is 2. The van der Waals surface area contributed by atoms with Crippen molar-refractivity contribution in [2.75, 3.05) is 27.9 Å². The molecule has 2 aromatic rings. The van der Waals surface area contributed by atoms with Crippen molar-refractivity contribution in [3.8, 4) is 17.2 Å². The molecule has 1 aliphatic heterocycles. The van der Waals surface area contributed by atoms with Crippen molar-refractivity contribution >= 4 is 11.6 Å². The van der Waals surface area contributed by atoms with E-state index < -0.39 is 46.9 Å². The number of aliphatic imine (C=N–C) groups is 1. The molecule has 6 nitrogen and oxygen atoms in total. The number of alkyl halides is 6. The molecule has 0 bridgehead atoms. The van der Waals surface area contributed by atoms with E-state index in [9.17, 15) is 31.1 Å². The molecule has 2 aliphatic rings. The molecule has 222 valence electrons. The first-order valence-electron chi connectivity index (χ1n) is 12.7. The molecule has 1 aliphatic carbocycles. The lowest BCUT2D eigenvalue weighted by Crippen LogP contribution is -2.63. The molecule has 0 aromatic heterocycles. The van der Waals surface area contributed by atoms with Gasteiger partial charge in [0.15, 0.2) is 17.3 Å². The highest BCUT2D eigenvalue weighted by Crippen LogP contribution is 2.57. The Hall–Kier alpha value is -3.70. The maximum Gasteiger partial charge on any atom is 0.427 e. The molecule has 0 radical (unpaired) electrons. The summed E-state index contributed by atoms with van der Waals surface area (Å²) in [5, 5.41) is 0. The van der Waals surface area contributed by atoms with E-state index in [0.29, 0.717) is 22.8 Å². The molecule has 0 amide bonds. The summed E-state index contributed by atoms with van der Waals surface area (Å²) in [6.45, 7) is 3.22. The van der Waals surface area contributed by atoms with Crippen molar-refractivity contribution in [2.45, 2.75) is 51.0 Å². The third-order valence-corrected chi connectivity index (χ3v) is 7.31. The normalized spacial score (nSPS) is 18.6. The molecule has 0 saturated carbocycles. The number of hydrogen-bond acceptors (Lipinski definition) is 6. The van der Waals surface area contributed by atoms with E-state index in [1.165, 1.54) is 50.5 Å². The van der Waals surface area contributed by atoms with E-state index in [-0.39, 0.29) is 30.6 Å². The fourth-order valence-electron chi connectivity index (χ4n) is 5.38. The third-order valence-electron chi connectivity index (χ3n) is 7.31. The van der Waals surface area contributed by atoms with Crippen molar-refractivity contribution in [3.63, 3.8) is 0 Å². The Morgan fingerprint density at radius 2 is 1.46 bits per heavy atom. The highest BCUT2D eigenvalue weighted by molar-refractivity contribution is 6.07. The maximum atomic E-state index is 14.7. The van der Waals surface area contributed by atoms with Crippen LogP contribution in [0.1, 0.15) is 37.8 Å². The predicted molar refractivity (Wildman–Crippen MR) is 139 cm³/mol. The summed E-state index contributed by atoms with van der Waals surface area (Å²) in [7, 11) is 4.29. The standard InChI is InChI=1S/C29H30F6N2O4/c1-26(2)15-20-24(21(38)16-26)27(28(30,31)32,29(33,34)35)36-25(18-7-9-19(39-3)10-8-18)37(20)13-12-17-6-11-22(40-4)23(14-17)41-5/h6-11,14H,12-13,15-16H2,1-5H3. The number of methoxy groups -OCH3 is 3. The van der Waals surface area contributed by atoms with Gasteiger partial charge in [0.2, 0.25) is 0 Å². The second kappa shape index (κ2) is 10.6. The van der Waals surface area contributed by atoms with Crippen molar-refractivity contribution in [2.24, 2.45) is 10.4 Å². The molecule has 0 atom stereocenters. The van der Waals surface area contributed by atoms with E-state index in [1.807, 2.05) is 0 Å². The van der Waals surface area contributed by atoms with Crippen LogP contribution in [-0.2, 0) is 11.2 Å². The molecule has 0 N–H and O–H groups in total. The number of benzene rings is 2. The molecule has 0 fully saturated rings. The van der Waals surface area contributed by atoms with Gasteiger partial charge in [-0.05, 0) is 60.2 Å². The van der Waals surface area contributed by atoms with Gasteiger partial charge in [-0.15, -0.1) is 0 Å². The Kier molecular flexibility index (Phi) is 7.83. The fraction of sp³-hybridized carbons (Fsp3) is 0.448. The zero-order valence-corrected chi connectivity index (χ0v) is 23.2.